The van der Waals surface area contributed by atoms with Gasteiger partial charge in [0.05, 0.1) is 22.6 Å². The van der Waals surface area contributed by atoms with Crippen molar-refractivity contribution in [2.24, 2.45) is 5.41 Å². The Labute approximate surface area is 104 Å². The first-order chi connectivity index (χ1) is 8.70. The number of para-hydroxylation sites is 2. The summed E-state index contributed by atoms with van der Waals surface area (Å²) in [4.78, 5) is 19.7. The highest BCUT2D eigenvalue weighted by Crippen LogP contribution is 2.45. The molecular formula is C13H13N3O2. The predicted octanol–water partition coefficient (Wildman–Crippen LogP) is 1.91. The van der Waals surface area contributed by atoms with Gasteiger partial charge in [-0.25, -0.2) is 4.98 Å². The first-order valence-corrected chi connectivity index (χ1v) is 5.89. The van der Waals surface area contributed by atoms with E-state index in [0.717, 1.165) is 23.9 Å². The molecule has 1 fully saturated rings. The maximum absolute atomic E-state index is 11.0. The van der Waals surface area contributed by atoms with Crippen molar-refractivity contribution < 1.29 is 9.90 Å². The average Bonchev–Trinajstić information content (AvgIpc) is 3.17. The van der Waals surface area contributed by atoms with Gasteiger partial charge < -0.3 is 10.4 Å². The minimum Gasteiger partial charge on any atom is -0.481 e. The SMILES string of the molecule is O=C(O)C1(CNc2cnc3ccccc3n2)CC1. The summed E-state index contributed by atoms with van der Waals surface area (Å²) < 4.78 is 0. The topological polar surface area (TPSA) is 75.1 Å². The molecule has 5 nitrogen and oxygen atoms in total. The molecule has 0 radical (unpaired) electrons. The van der Waals surface area contributed by atoms with Crippen molar-refractivity contribution in [3.05, 3.63) is 30.5 Å². The third-order valence-corrected chi connectivity index (χ3v) is 3.36. The summed E-state index contributed by atoms with van der Waals surface area (Å²) in [5, 5.41) is 12.1. The molecule has 1 saturated carbocycles. The lowest BCUT2D eigenvalue weighted by Gasteiger charge is -2.11. The smallest absolute Gasteiger partial charge is 0.311 e. The Kier molecular flexibility index (Phi) is 2.40. The number of hydrogen-bond donors (Lipinski definition) is 2. The van der Waals surface area contributed by atoms with E-state index in [0.29, 0.717) is 12.4 Å². The standard InChI is InChI=1S/C13H13N3O2/c17-12(18)13(5-6-13)8-15-11-7-14-9-3-1-2-4-10(9)16-11/h1-4,7H,5-6,8H2,(H,15,16)(H,17,18). The third-order valence-electron chi connectivity index (χ3n) is 3.36. The highest BCUT2D eigenvalue weighted by atomic mass is 16.4. The Morgan fingerprint density at radius 3 is 2.72 bits per heavy atom. The lowest BCUT2D eigenvalue weighted by atomic mass is 10.1. The van der Waals surface area contributed by atoms with Crippen LogP contribution in [0, 0.1) is 5.41 Å². The lowest BCUT2D eigenvalue weighted by molar-refractivity contribution is -0.142. The molecule has 1 aromatic carbocycles. The van der Waals surface area contributed by atoms with Gasteiger partial charge in [0.15, 0.2) is 0 Å². The summed E-state index contributed by atoms with van der Waals surface area (Å²) >= 11 is 0. The van der Waals surface area contributed by atoms with Gasteiger partial charge in [0.25, 0.3) is 0 Å². The zero-order chi connectivity index (χ0) is 12.6. The normalized spacial score (nSPS) is 16.4. The third kappa shape index (κ3) is 1.88. The van der Waals surface area contributed by atoms with Gasteiger partial charge in [-0.2, -0.15) is 0 Å². The Hall–Kier alpha value is -2.17. The van der Waals surface area contributed by atoms with Crippen molar-refractivity contribution in [2.45, 2.75) is 12.8 Å². The van der Waals surface area contributed by atoms with Crippen LogP contribution >= 0.6 is 0 Å². The van der Waals surface area contributed by atoms with Crippen molar-refractivity contribution in [1.82, 2.24) is 9.97 Å². The molecule has 0 spiro atoms. The van der Waals surface area contributed by atoms with Crippen LogP contribution in [-0.2, 0) is 4.79 Å². The summed E-state index contributed by atoms with van der Waals surface area (Å²) in [5.74, 6) is -0.107. The molecule has 3 rings (SSSR count). The molecule has 0 unspecified atom stereocenters. The number of nitrogens with zero attached hydrogens (tertiary/aromatic N) is 2. The van der Waals surface area contributed by atoms with Gasteiger partial charge in [-0.1, -0.05) is 12.1 Å². The number of benzene rings is 1. The number of rotatable bonds is 4. The van der Waals surface area contributed by atoms with Gasteiger partial charge in [-0.3, -0.25) is 9.78 Å². The number of nitrogens with one attached hydrogen (secondary N) is 1. The van der Waals surface area contributed by atoms with Crippen LogP contribution in [0.15, 0.2) is 30.5 Å². The highest BCUT2D eigenvalue weighted by molar-refractivity contribution is 5.79. The van der Waals surface area contributed by atoms with E-state index in [1.54, 1.807) is 6.20 Å². The molecule has 1 aliphatic rings. The van der Waals surface area contributed by atoms with Crippen LogP contribution in [0.2, 0.25) is 0 Å². The molecule has 0 atom stereocenters. The molecule has 1 heterocycles. The zero-order valence-electron chi connectivity index (χ0n) is 9.76. The summed E-state index contributed by atoms with van der Waals surface area (Å²) in [7, 11) is 0. The number of carbonyl (C=O) groups is 1. The van der Waals surface area contributed by atoms with Gasteiger partial charge >= 0.3 is 5.97 Å². The molecule has 18 heavy (non-hydrogen) atoms. The quantitative estimate of drug-likeness (QED) is 0.857. The molecule has 92 valence electrons. The summed E-state index contributed by atoms with van der Waals surface area (Å²) in [6.45, 7) is 0.412. The Morgan fingerprint density at radius 1 is 1.33 bits per heavy atom. The second-order valence-electron chi connectivity index (χ2n) is 4.68. The molecule has 1 aliphatic carbocycles. The first kappa shape index (κ1) is 11.0. The van der Waals surface area contributed by atoms with E-state index in [1.807, 2.05) is 24.3 Å². The summed E-state index contributed by atoms with van der Waals surface area (Å²) in [6, 6.07) is 7.59. The molecule has 2 aromatic rings. The summed E-state index contributed by atoms with van der Waals surface area (Å²) in [6.07, 6.45) is 3.10. The number of aromatic nitrogens is 2. The van der Waals surface area contributed by atoms with E-state index in [1.165, 1.54) is 0 Å². The minimum absolute atomic E-state index is 0.412. The van der Waals surface area contributed by atoms with Crippen molar-refractivity contribution in [3.8, 4) is 0 Å². The molecule has 1 aromatic heterocycles. The Balaban J connectivity index is 1.77. The van der Waals surface area contributed by atoms with Crippen LogP contribution < -0.4 is 5.32 Å². The fourth-order valence-corrected chi connectivity index (χ4v) is 1.92. The second kappa shape index (κ2) is 3.94. The van der Waals surface area contributed by atoms with E-state index in [2.05, 4.69) is 15.3 Å². The van der Waals surface area contributed by atoms with Gasteiger partial charge in [0.1, 0.15) is 5.82 Å². The lowest BCUT2D eigenvalue weighted by Crippen LogP contribution is -2.24. The van der Waals surface area contributed by atoms with Crippen molar-refractivity contribution >= 4 is 22.8 Å². The molecule has 0 aliphatic heterocycles. The van der Waals surface area contributed by atoms with Crippen molar-refractivity contribution in [2.75, 3.05) is 11.9 Å². The van der Waals surface area contributed by atoms with Crippen molar-refractivity contribution in [1.29, 1.82) is 0 Å². The predicted molar refractivity (Wildman–Crippen MR) is 67.3 cm³/mol. The van der Waals surface area contributed by atoms with Crippen LogP contribution in [0.3, 0.4) is 0 Å². The van der Waals surface area contributed by atoms with E-state index in [4.69, 9.17) is 5.11 Å². The molecule has 5 heteroatoms. The number of hydrogen-bond acceptors (Lipinski definition) is 4. The van der Waals surface area contributed by atoms with E-state index in [9.17, 15) is 4.79 Å². The molecular weight excluding hydrogens is 230 g/mol. The Bertz CT molecular complexity index is 608. The van der Waals surface area contributed by atoms with E-state index < -0.39 is 11.4 Å². The van der Waals surface area contributed by atoms with Crippen LogP contribution in [-0.4, -0.2) is 27.6 Å². The van der Waals surface area contributed by atoms with Crippen LogP contribution in [0.1, 0.15) is 12.8 Å². The molecule has 0 bridgehead atoms. The maximum atomic E-state index is 11.0. The van der Waals surface area contributed by atoms with E-state index in [-0.39, 0.29) is 0 Å². The Morgan fingerprint density at radius 2 is 2.06 bits per heavy atom. The average molecular weight is 243 g/mol. The fraction of sp³-hybridized carbons (Fsp3) is 0.308. The number of fused-ring (bicyclic) bond motifs is 1. The van der Waals surface area contributed by atoms with Gasteiger partial charge in [-0.15, -0.1) is 0 Å². The van der Waals surface area contributed by atoms with Gasteiger partial charge in [-0.05, 0) is 25.0 Å². The van der Waals surface area contributed by atoms with Crippen LogP contribution in [0.5, 0.6) is 0 Å². The van der Waals surface area contributed by atoms with E-state index >= 15 is 0 Å². The fourth-order valence-electron chi connectivity index (χ4n) is 1.92. The second-order valence-corrected chi connectivity index (χ2v) is 4.68. The largest absolute Gasteiger partial charge is 0.481 e. The first-order valence-electron chi connectivity index (χ1n) is 5.89. The highest BCUT2D eigenvalue weighted by Gasteiger charge is 2.50. The summed E-state index contributed by atoms with van der Waals surface area (Å²) in [5.41, 5.74) is 1.05. The molecule has 0 amide bonds. The number of aliphatic carboxylic acids is 1. The zero-order valence-corrected chi connectivity index (χ0v) is 9.76. The monoisotopic (exact) mass is 243 g/mol. The van der Waals surface area contributed by atoms with Crippen LogP contribution in [0.25, 0.3) is 11.0 Å². The van der Waals surface area contributed by atoms with Gasteiger partial charge in [0, 0.05) is 6.54 Å². The van der Waals surface area contributed by atoms with Gasteiger partial charge in [0.2, 0.25) is 0 Å². The minimum atomic E-state index is -0.733. The number of anilines is 1. The van der Waals surface area contributed by atoms with Crippen LogP contribution in [0.4, 0.5) is 5.82 Å². The maximum Gasteiger partial charge on any atom is 0.311 e. The van der Waals surface area contributed by atoms with Crippen molar-refractivity contribution in [3.63, 3.8) is 0 Å². The molecule has 0 saturated heterocycles. The number of carboxylic acids is 1. The molecule has 2 N–H and O–H groups in total. The number of carboxylic acid groups (broad SMARTS) is 1.